The minimum Gasteiger partial charge on any atom is -0.394 e. The smallest absolute Gasteiger partial charge is 0.251 e. The zero-order valence-electron chi connectivity index (χ0n) is 9.52. The van der Waals surface area contributed by atoms with Crippen LogP contribution in [0.3, 0.4) is 0 Å². The summed E-state index contributed by atoms with van der Waals surface area (Å²) in [5, 5.41) is 11.6. The number of aliphatic hydroxyl groups is 1. The number of pyridine rings is 1. The van der Waals surface area contributed by atoms with Gasteiger partial charge in [0.1, 0.15) is 6.54 Å². The lowest BCUT2D eigenvalue weighted by Gasteiger charge is -2.14. The second-order valence-electron chi connectivity index (χ2n) is 3.67. The second kappa shape index (κ2) is 6.56. The molecule has 17 heavy (non-hydrogen) atoms. The highest BCUT2D eigenvalue weighted by atomic mass is 79.9. The van der Waals surface area contributed by atoms with Gasteiger partial charge in [-0.2, -0.15) is 0 Å². The largest absolute Gasteiger partial charge is 0.394 e. The van der Waals surface area contributed by atoms with Crippen LogP contribution >= 0.6 is 15.9 Å². The van der Waals surface area contributed by atoms with Gasteiger partial charge in [0, 0.05) is 16.7 Å². The first-order chi connectivity index (χ1) is 8.06. The van der Waals surface area contributed by atoms with Gasteiger partial charge in [0.05, 0.1) is 12.6 Å². The standard InChI is InChI=1S/C11H15BrN2O3/c1-2-9(7-15)13-10(16)6-14-5-8(12)3-4-11(14)17/h3-5,9,15H,2,6-7H2,1H3,(H,13,16)/t9-/m0/s1. The number of carbonyl (C=O) groups excluding carboxylic acids is 1. The molecule has 1 rings (SSSR count). The molecule has 2 N–H and O–H groups in total. The van der Waals surface area contributed by atoms with Gasteiger partial charge in [-0.25, -0.2) is 0 Å². The number of amides is 1. The summed E-state index contributed by atoms with van der Waals surface area (Å²) >= 11 is 3.23. The highest BCUT2D eigenvalue weighted by Gasteiger charge is 2.10. The molecular weight excluding hydrogens is 288 g/mol. The van der Waals surface area contributed by atoms with Crippen LogP contribution < -0.4 is 10.9 Å². The minimum absolute atomic E-state index is 0.0469. The molecule has 0 bridgehead atoms. The van der Waals surface area contributed by atoms with Crippen LogP contribution in [0, 0.1) is 0 Å². The molecule has 0 saturated carbocycles. The van der Waals surface area contributed by atoms with Crippen LogP contribution in [0.1, 0.15) is 13.3 Å². The predicted molar refractivity (Wildman–Crippen MR) is 67.7 cm³/mol. The van der Waals surface area contributed by atoms with E-state index >= 15 is 0 Å². The van der Waals surface area contributed by atoms with E-state index in [1.165, 1.54) is 10.6 Å². The number of hydrogen-bond donors (Lipinski definition) is 2. The Morgan fingerprint density at radius 3 is 2.88 bits per heavy atom. The number of aromatic nitrogens is 1. The lowest BCUT2D eigenvalue weighted by molar-refractivity contribution is -0.122. The molecule has 0 radical (unpaired) electrons. The quantitative estimate of drug-likeness (QED) is 0.832. The summed E-state index contributed by atoms with van der Waals surface area (Å²) in [6.07, 6.45) is 2.21. The average molecular weight is 303 g/mol. The highest BCUT2D eigenvalue weighted by Crippen LogP contribution is 2.04. The molecule has 1 aromatic heterocycles. The van der Waals surface area contributed by atoms with Crippen molar-refractivity contribution in [1.29, 1.82) is 0 Å². The van der Waals surface area contributed by atoms with Crippen molar-refractivity contribution in [3.63, 3.8) is 0 Å². The van der Waals surface area contributed by atoms with E-state index in [0.717, 1.165) is 4.47 Å². The van der Waals surface area contributed by atoms with Crippen molar-refractivity contribution < 1.29 is 9.90 Å². The Balaban J connectivity index is 2.68. The van der Waals surface area contributed by atoms with Crippen LogP contribution in [0.15, 0.2) is 27.6 Å². The SMILES string of the molecule is CC[C@@H](CO)NC(=O)Cn1cc(Br)ccc1=O. The van der Waals surface area contributed by atoms with Gasteiger partial charge in [-0.05, 0) is 28.4 Å². The Labute approximate surface area is 108 Å². The van der Waals surface area contributed by atoms with E-state index in [1.54, 1.807) is 12.3 Å². The van der Waals surface area contributed by atoms with E-state index in [2.05, 4.69) is 21.2 Å². The highest BCUT2D eigenvalue weighted by molar-refractivity contribution is 9.10. The van der Waals surface area contributed by atoms with Crippen LogP contribution in [-0.4, -0.2) is 28.2 Å². The monoisotopic (exact) mass is 302 g/mol. The van der Waals surface area contributed by atoms with Crippen LogP contribution in [-0.2, 0) is 11.3 Å². The third-order valence-electron chi connectivity index (χ3n) is 2.34. The van der Waals surface area contributed by atoms with Gasteiger partial charge in [0.2, 0.25) is 5.91 Å². The predicted octanol–water partition coefficient (Wildman–Crippen LogP) is 0.498. The van der Waals surface area contributed by atoms with E-state index in [-0.39, 0.29) is 30.7 Å². The van der Waals surface area contributed by atoms with E-state index in [0.29, 0.717) is 6.42 Å². The summed E-state index contributed by atoms with van der Waals surface area (Å²) in [4.78, 5) is 23.1. The first-order valence-corrected chi connectivity index (χ1v) is 6.12. The summed E-state index contributed by atoms with van der Waals surface area (Å²) in [5.41, 5.74) is -0.236. The fraction of sp³-hybridized carbons (Fsp3) is 0.455. The molecule has 0 saturated heterocycles. The first kappa shape index (κ1) is 13.9. The van der Waals surface area contributed by atoms with Gasteiger partial charge in [0.15, 0.2) is 0 Å². The van der Waals surface area contributed by atoms with Crippen molar-refractivity contribution in [1.82, 2.24) is 9.88 Å². The Hall–Kier alpha value is -1.14. The van der Waals surface area contributed by atoms with Crippen molar-refractivity contribution in [3.8, 4) is 0 Å². The topological polar surface area (TPSA) is 71.3 Å². The Bertz CT molecular complexity index is 441. The summed E-state index contributed by atoms with van der Waals surface area (Å²) in [5.74, 6) is -0.286. The lowest BCUT2D eigenvalue weighted by Crippen LogP contribution is -2.40. The second-order valence-corrected chi connectivity index (χ2v) is 4.58. The molecule has 1 heterocycles. The van der Waals surface area contributed by atoms with Crippen molar-refractivity contribution in [2.24, 2.45) is 0 Å². The van der Waals surface area contributed by atoms with E-state index < -0.39 is 0 Å². The number of rotatable bonds is 5. The van der Waals surface area contributed by atoms with E-state index in [1.807, 2.05) is 6.92 Å². The molecule has 5 nitrogen and oxygen atoms in total. The van der Waals surface area contributed by atoms with Crippen molar-refractivity contribution in [2.75, 3.05) is 6.61 Å². The summed E-state index contributed by atoms with van der Waals surface area (Å²) < 4.78 is 2.04. The molecule has 6 heteroatoms. The Morgan fingerprint density at radius 1 is 1.59 bits per heavy atom. The summed E-state index contributed by atoms with van der Waals surface area (Å²) in [6, 6.07) is 2.75. The number of aliphatic hydroxyl groups excluding tert-OH is 1. The molecule has 1 atom stereocenters. The van der Waals surface area contributed by atoms with E-state index in [9.17, 15) is 9.59 Å². The molecule has 0 aliphatic heterocycles. The molecule has 0 unspecified atom stereocenters. The molecule has 0 fully saturated rings. The molecule has 0 aliphatic rings. The third-order valence-corrected chi connectivity index (χ3v) is 2.81. The third kappa shape index (κ3) is 4.32. The van der Waals surface area contributed by atoms with Crippen LogP contribution in [0.5, 0.6) is 0 Å². The zero-order valence-corrected chi connectivity index (χ0v) is 11.1. The Kier molecular flexibility index (Phi) is 5.37. The Morgan fingerprint density at radius 2 is 2.29 bits per heavy atom. The van der Waals surface area contributed by atoms with Gasteiger partial charge in [0.25, 0.3) is 5.56 Å². The number of hydrogen-bond acceptors (Lipinski definition) is 3. The molecule has 1 amide bonds. The molecule has 0 aliphatic carbocycles. The van der Waals surface area contributed by atoms with Crippen molar-refractivity contribution in [2.45, 2.75) is 25.9 Å². The van der Waals surface area contributed by atoms with E-state index in [4.69, 9.17) is 5.11 Å². The van der Waals surface area contributed by atoms with Crippen molar-refractivity contribution >= 4 is 21.8 Å². The van der Waals surface area contributed by atoms with Gasteiger partial charge >= 0.3 is 0 Å². The fourth-order valence-electron chi connectivity index (χ4n) is 1.33. The molecule has 94 valence electrons. The number of halogens is 1. The summed E-state index contributed by atoms with van der Waals surface area (Å²) in [6.45, 7) is 1.72. The fourth-order valence-corrected chi connectivity index (χ4v) is 1.71. The van der Waals surface area contributed by atoms with Crippen molar-refractivity contribution in [3.05, 3.63) is 33.2 Å². The van der Waals surface area contributed by atoms with Gasteiger partial charge < -0.3 is 15.0 Å². The molecule has 1 aromatic rings. The van der Waals surface area contributed by atoms with Crippen LogP contribution in [0.4, 0.5) is 0 Å². The maximum Gasteiger partial charge on any atom is 0.251 e. The summed E-state index contributed by atoms with van der Waals surface area (Å²) in [7, 11) is 0. The number of carbonyl (C=O) groups is 1. The van der Waals surface area contributed by atoms with Crippen LogP contribution in [0.25, 0.3) is 0 Å². The van der Waals surface area contributed by atoms with Crippen LogP contribution in [0.2, 0.25) is 0 Å². The number of nitrogens with zero attached hydrogens (tertiary/aromatic N) is 1. The number of nitrogens with one attached hydrogen (secondary N) is 1. The molecule has 0 spiro atoms. The first-order valence-electron chi connectivity index (χ1n) is 5.33. The maximum atomic E-state index is 11.6. The normalized spacial score (nSPS) is 12.2. The van der Waals surface area contributed by atoms with Gasteiger partial charge in [-0.1, -0.05) is 6.92 Å². The average Bonchev–Trinajstić information content (AvgIpc) is 2.31. The zero-order chi connectivity index (χ0) is 12.8. The maximum absolute atomic E-state index is 11.6. The molecular formula is C11H15BrN2O3. The molecule has 0 aromatic carbocycles. The van der Waals surface area contributed by atoms with Gasteiger partial charge in [-0.15, -0.1) is 0 Å². The minimum atomic E-state index is -0.286. The van der Waals surface area contributed by atoms with Gasteiger partial charge in [-0.3, -0.25) is 9.59 Å². The lowest BCUT2D eigenvalue weighted by atomic mass is 10.2.